The minimum Gasteiger partial charge on any atom is -0.380 e. The highest BCUT2D eigenvalue weighted by atomic mass is 79.9. The fourth-order valence-corrected chi connectivity index (χ4v) is 2.16. The van der Waals surface area contributed by atoms with Gasteiger partial charge in [-0.3, -0.25) is 4.98 Å². The first-order valence-electron chi connectivity index (χ1n) is 5.88. The average molecular weight is 345 g/mol. The summed E-state index contributed by atoms with van der Waals surface area (Å²) in [5.41, 5.74) is 1.23. The van der Waals surface area contributed by atoms with Gasteiger partial charge >= 0.3 is 6.18 Å². The van der Waals surface area contributed by atoms with Crippen molar-refractivity contribution in [1.82, 2.24) is 4.98 Å². The molecule has 1 aromatic carbocycles. The number of pyridine rings is 1. The van der Waals surface area contributed by atoms with Crippen LogP contribution in [-0.4, -0.2) is 4.98 Å². The molecule has 0 bridgehead atoms. The summed E-state index contributed by atoms with van der Waals surface area (Å²) in [4.78, 5) is 3.95. The Bertz CT molecular complexity index is 612. The standard InChI is InChI=1S/C14H12BrF3N2/c1-9-7-19-5-4-10(9)8-20-13-3-2-11(15)6-12(13)14(16,17)18/h2-7,20H,8H2,1H3. The molecule has 0 aliphatic rings. The van der Waals surface area contributed by atoms with Crippen LogP contribution in [-0.2, 0) is 12.7 Å². The molecule has 0 aliphatic carbocycles. The van der Waals surface area contributed by atoms with Crippen LogP contribution in [0.2, 0.25) is 0 Å². The highest BCUT2D eigenvalue weighted by molar-refractivity contribution is 9.10. The molecule has 0 saturated carbocycles. The Morgan fingerprint density at radius 3 is 2.65 bits per heavy atom. The van der Waals surface area contributed by atoms with Crippen molar-refractivity contribution < 1.29 is 13.2 Å². The van der Waals surface area contributed by atoms with Gasteiger partial charge in [-0.2, -0.15) is 13.2 Å². The first-order valence-corrected chi connectivity index (χ1v) is 6.67. The lowest BCUT2D eigenvalue weighted by Gasteiger charge is -2.15. The molecule has 106 valence electrons. The minimum atomic E-state index is -4.39. The number of hydrogen-bond acceptors (Lipinski definition) is 2. The number of benzene rings is 1. The van der Waals surface area contributed by atoms with Crippen LogP contribution in [0.3, 0.4) is 0 Å². The second kappa shape index (κ2) is 5.83. The molecule has 0 unspecified atom stereocenters. The van der Waals surface area contributed by atoms with Crippen LogP contribution in [0.5, 0.6) is 0 Å². The van der Waals surface area contributed by atoms with E-state index in [2.05, 4.69) is 26.2 Å². The smallest absolute Gasteiger partial charge is 0.380 e. The van der Waals surface area contributed by atoms with Gasteiger partial charge in [0, 0.05) is 29.1 Å². The van der Waals surface area contributed by atoms with Gasteiger partial charge in [-0.15, -0.1) is 0 Å². The molecule has 2 nitrogen and oxygen atoms in total. The molecule has 20 heavy (non-hydrogen) atoms. The van der Waals surface area contributed by atoms with Crippen molar-refractivity contribution in [3.05, 3.63) is 57.8 Å². The third-order valence-electron chi connectivity index (χ3n) is 2.89. The Hall–Kier alpha value is -1.56. The maximum atomic E-state index is 13.0. The number of aryl methyl sites for hydroxylation is 1. The third kappa shape index (κ3) is 3.50. The molecule has 0 radical (unpaired) electrons. The van der Waals surface area contributed by atoms with Crippen LogP contribution in [0.15, 0.2) is 41.1 Å². The second-order valence-electron chi connectivity index (χ2n) is 4.34. The molecule has 0 spiro atoms. The molecule has 0 atom stereocenters. The van der Waals surface area contributed by atoms with E-state index >= 15 is 0 Å². The highest BCUT2D eigenvalue weighted by Crippen LogP contribution is 2.36. The molecule has 1 aromatic heterocycles. The van der Waals surface area contributed by atoms with Gasteiger partial charge in [0.05, 0.1) is 5.56 Å². The first-order chi connectivity index (χ1) is 9.38. The number of hydrogen-bond donors (Lipinski definition) is 1. The van der Waals surface area contributed by atoms with E-state index in [1.807, 2.05) is 6.92 Å². The SMILES string of the molecule is Cc1cnccc1CNc1ccc(Br)cc1C(F)(F)F. The van der Waals surface area contributed by atoms with Gasteiger partial charge < -0.3 is 5.32 Å². The zero-order chi connectivity index (χ0) is 14.8. The van der Waals surface area contributed by atoms with Crippen LogP contribution in [0.1, 0.15) is 16.7 Å². The molecule has 6 heteroatoms. The van der Waals surface area contributed by atoms with Gasteiger partial charge in [0.15, 0.2) is 0 Å². The van der Waals surface area contributed by atoms with Crippen molar-refractivity contribution in [2.75, 3.05) is 5.32 Å². The number of anilines is 1. The summed E-state index contributed by atoms with van der Waals surface area (Å²) < 4.78 is 39.3. The van der Waals surface area contributed by atoms with E-state index < -0.39 is 11.7 Å². The van der Waals surface area contributed by atoms with E-state index in [0.717, 1.165) is 17.2 Å². The fraction of sp³-hybridized carbons (Fsp3) is 0.214. The van der Waals surface area contributed by atoms with Gasteiger partial charge in [0.1, 0.15) is 0 Å². The monoisotopic (exact) mass is 344 g/mol. The van der Waals surface area contributed by atoms with Crippen LogP contribution < -0.4 is 5.32 Å². The predicted molar refractivity (Wildman–Crippen MR) is 75.4 cm³/mol. The summed E-state index contributed by atoms with van der Waals surface area (Å²) in [6, 6.07) is 5.86. The molecule has 0 amide bonds. The maximum Gasteiger partial charge on any atom is 0.418 e. The van der Waals surface area contributed by atoms with Crippen molar-refractivity contribution in [1.29, 1.82) is 0 Å². The molecule has 1 N–H and O–H groups in total. The van der Waals surface area contributed by atoms with Crippen molar-refractivity contribution in [3.63, 3.8) is 0 Å². The van der Waals surface area contributed by atoms with E-state index in [1.54, 1.807) is 24.5 Å². The summed E-state index contributed by atoms with van der Waals surface area (Å²) in [7, 11) is 0. The van der Waals surface area contributed by atoms with Crippen LogP contribution in [0.25, 0.3) is 0 Å². The van der Waals surface area contributed by atoms with Gasteiger partial charge in [-0.1, -0.05) is 15.9 Å². The van der Waals surface area contributed by atoms with Crippen molar-refractivity contribution in [2.45, 2.75) is 19.6 Å². The summed E-state index contributed by atoms with van der Waals surface area (Å²) in [6.07, 6.45) is -1.08. The average Bonchev–Trinajstić information content (AvgIpc) is 2.38. The molecular weight excluding hydrogens is 333 g/mol. The number of aromatic nitrogens is 1. The van der Waals surface area contributed by atoms with E-state index in [0.29, 0.717) is 11.0 Å². The van der Waals surface area contributed by atoms with Gasteiger partial charge in [-0.05, 0) is 42.3 Å². The zero-order valence-corrected chi connectivity index (χ0v) is 12.2. The van der Waals surface area contributed by atoms with E-state index in [1.165, 1.54) is 6.07 Å². The molecule has 0 aliphatic heterocycles. The summed E-state index contributed by atoms with van der Waals surface area (Å²) in [5.74, 6) is 0. The first kappa shape index (κ1) is 14.8. The van der Waals surface area contributed by atoms with E-state index in [4.69, 9.17) is 0 Å². The number of alkyl halides is 3. The van der Waals surface area contributed by atoms with Gasteiger partial charge in [-0.25, -0.2) is 0 Å². The lowest BCUT2D eigenvalue weighted by Crippen LogP contribution is -2.11. The molecule has 0 fully saturated rings. The van der Waals surface area contributed by atoms with E-state index in [9.17, 15) is 13.2 Å². The highest BCUT2D eigenvalue weighted by Gasteiger charge is 2.33. The summed E-state index contributed by atoms with van der Waals surface area (Å²) in [5, 5.41) is 2.84. The third-order valence-corrected chi connectivity index (χ3v) is 3.39. The van der Waals surface area contributed by atoms with Gasteiger partial charge in [0.25, 0.3) is 0 Å². The number of nitrogens with zero attached hydrogens (tertiary/aromatic N) is 1. The lowest BCUT2D eigenvalue weighted by atomic mass is 10.1. The van der Waals surface area contributed by atoms with Crippen molar-refractivity contribution in [3.8, 4) is 0 Å². The lowest BCUT2D eigenvalue weighted by molar-refractivity contribution is -0.137. The summed E-state index contributed by atoms with van der Waals surface area (Å²) in [6.45, 7) is 2.19. The molecular formula is C14H12BrF3N2. The Labute approximate surface area is 123 Å². The normalized spacial score (nSPS) is 11.4. The number of halogens is 4. The van der Waals surface area contributed by atoms with Crippen molar-refractivity contribution in [2.24, 2.45) is 0 Å². The number of rotatable bonds is 3. The molecule has 2 rings (SSSR count). The fourth-order valence-electron chi connectivity index (χ4n) is 1.80. The Kier molecular flexibility index (Phi) is 4.32. The minimum absolute atomic E-state index is 0.0666. The largest absolute Gasteiger partial charge is 0.418 e. The number of nitrogens with one attached hydrogen (secondary N) is 1. The molecule has 2 aromatic rings. The molecule has 0 saturated heterocycles. The maximum absolute atomic E-state index is 13.0. The van der Waals surface area contributed by atoms with Crippen LogP contribution >= 0.6 is 15.9 Å². The van der Waals surface area contributed by atoms with Gasteiger partial charge in [0.2, 0.25) is 0 Å². The predicted octanol–water partition coefficient (Wildman–Crippen LogP) is 4.78. The summed E-state index contributed by atoms with van der Waals surface area (Å²) >= 11 is 3.06. The quantitative estimate of drug-likeness (QED) is 0.866. The van der Waals surface area contributed by atoms with E-state index in [-0.39, 0.29) is 5.69 Å². The molecule has 1 heterocycles. The van der Waals surface area contributed by atoms with Crippen molar-refractivity contribution >= 4 is 21.6 Å². The zero-order valence-electron chi connectivity index (χ0n) is 10.6. The second-order valence-corrected chi connectivity index (χ2v) is 5.26. The Morgan fingerprint density at radius 1 is 1.25 bits per heavy atom. The Balaban J connectivity index is 2.24. The Morgan fingerprint density at radius 2 is 2.00 bits per heavy atom. The van der Waals surface area contributed by atoms with Crippen LogP contribution in [0, 0.1) is 6.92 Å². The van der Waals surface area contributed by atoms with Crippen LogP contribution in [0.4, 0.5) is 18.9 Å². The topological polar surface area (TPSA) is 24.9 Å².